The van der Waals surface area contributed by atoms with Gasteiger partial charge in [-0.1, -0.05) is 18.1 Å². The maximum atomic E-state index is 12.9. The molecule has 0 bridgehead atoms. The van der Waals surface area contributed by atoms with Crippen molar-refractivity contribution in [2.24, 2.45) is 0 Å². The molecule has 3 aromatic rings. The van der Waals surface area contributed by atoms with Gasteiger partial charge in [0.15, 0.2) is 0 Å². The van der Waals surface area contributed by atoms with E-state index in [1.54, 1.807) is 6.20 Å². The maximum Gasteiger partial charge on any atom is 0.320 e. The zero-order valence-electron chi connectivity index (χ0n) is 18.8. The van der Waals surface area contributed by atoms with E-state index in [0.29, 0.717) is 6.54 Å². The zero-order valence-corrected chi connectivity index (χ0v) is 18.8. The van der Waals surface area contributed by atoms with Crippen LogP contribution < -0.4 is 5.32 Å². The molecule has 168 valence electrons. The molecule has 0 saturated carbocycles. The minimum Gasteiger partial charge on any atom is -0.355 e. The van der Waals surface area contributed by atoms with Crippen molar-refractivity contribution >= 4 is 34.0 Å². The van der Waals surface area contributed by atoms with E-state index in [2.05, 4.69) is 45.3 Å². The predicted molar refractivity (Wildman–Crippen MR) is 132 cm³/mol. The minimum absolute atomic E-state index is 0.150. The number of H-pyrrole nitrogens is 1. The summed E-state index contributed by atoms with van der Waals surface area (Å²) in [7, 11) is 2.10. The number of carbonyl (C=O) groups excluding carboxylic acids is 1. The summed E-state index contributed by atoms with van der Waals surface area (Å²) >= 11 is 0. The van der Waals surface area contributed by atoms with E-state index < -0.39 is 0 Å². The molecule has 1 saturated heterocycles. The van der Waals surface area contributed by atoms with Crippen LogP contribution in [0.3, 0.4) is 0 Å². The molecule has 0 spiro atoms. The van der Waals surface area contributed by atoms with E-state index in [1.165, 1.54) is 5.57 Å². The summed E-state index contributed by atoms with van der Waals surface area (Å²) < 4.78 is 0. The van der Waals surface area contributed by atoms with Gasteiger partial charge in [-0.15, -0.1) is 6.42 Å². The van der Waals surface area contributed by atoms with Gasteiger partial charge in [-0.05, 0) is 49.4 Å². The first kappa shape index (κ1) is 21.1. The zero-order chi connectivity index (χ0) is 22.8. The normalized spacial score (nSPS) is 17.0. The molecule has 0 unspecified atom stereocenters. The number of aromatic nitrogens is 2. The fraction of sp³-hybridized carbons (Fsp3) is 0.308. The van der Waals surface area contributed by atoms with Crippen molar-refractivity contribution < 1.29 is 4.79 Å². The quantitative estimate of drug-likeness (QED) is 0.609. The third-order valence-corrected chi connectivity index (χ3v) is 6.44. The summed E-state index contributed by atoms with van der Waals surface area (Å²) in [5, 5.41) is 4.49. The lowest BCUT2D eigenvalue weighted by Gasteiger charge is -2.37. The molecule has 1 fully saturated rings. The molecule has 7 nitrogen and oxygen atoms in total. The number of terminal acetylenes is 1. The fourth-order valence-electron chi connectivity index (χ4n) is 4.44. The molecular weight excluding hydrogens is 412 g/mol. The summed E-state index contributed by atoms with van der Waals surface area (Å²) in [6.45, 7) is 4.83. The minimum atomic E-state index is 0.150. The summed E-state index contributed by atoms with van der Waals surface area (Å²) in [5.74, 6) is 2.67. The Hall–Kier alpha value is -3.76. The van der Waals surface area contributed by atoms with Gasteiger partial charge < -0.3 is 25.0 Å². The van der Waals surface area contributed by atoms with Crippen molar-refractivity contribution in [2.75, 3.05) is 51.6 Å². The number of carbonyl (C=O) groups is 1. The highest BCUT2D eigenvalue weighted by molar-refractivity contribution is 5.94. The molecule has 2 N–H and O–H groups in total. The number of anilines is 2. The van der Waals surface area contributed by atoms with Gasteiger partial charge in [0.1, 0.15) is 5.65 Å². The van der Waals surface area contributed by atoms with Crippen LogP contribution in [0.15, 0.2) is 48.7 Å². The largest absolute Gasteiger partial charge is 0.355 e. The highest BCUT2D eigenvalue weighted by Crippen LogP contribution is 2.30. The Morgan fingerprint density at radius 2 is 1.97 bits per heavy atom. The molecule has 7 heteroatoms. The van der Waals surface area contributed by atoms with Gasteiger partial charge in [0.2, 0.25) is 0 Å². The van der Waals surface area contributed by atoms with Crippen LogP contribution in [0.1, 0.15) is 17.7 Å². The number of nitrogens with one attached hydrogen (secondary N) is 2. The number of pyridine rings is 1. The van der Waals surface area contributed by atoms with E-state index in [1.807, 2.05) is 40.1 Å². The smallest absolute Gasteiger partial charge is 0.320 e. The van der Waals surface area contributed by atoms with Gasteiger partial charge in [-0.3, -0.25) is 0 Å². The van der Waals surface area contributed by atoms with Gasteiger partial charge in [0.25, 0.3) is 0 Å². The molecule has 33 heavy (non-hydrogen) atoms. The second-order valence-corrected chi connectivity index (χ2v) is 8.65. The van der Waals surface area contributed by atoms with E-state index in [-0.39, 0.29) is 6.03 Å². The number of urea groups is 1. The average molecular weight is 441 g/mol. The van der Waals surface area contributed by atoms with Crippen molar-refractivity contribution in [1.82, 2.24) is 24.7 Å². The van der Waals surface area contributed by atoms with Crippen LogP contribution in [-0.2, 0) is 0 Å². The molecule has 4 heterocycles. The van der Waals surface area contributed by atoms with Gasteiger partial charge in [-0.25, -0.2) is 9.78 Å². The standard InChI is InChI=1S/C26H28N6O/c1-3-19-5-4-6-21(17-19)28-23-7-10-27-25-22(23)18-24(29-25)20-8-11-31(12-9-20)26(33)32-15-13-30(2)14-16-32/h1,4-8,10,17-18H,9,11-16H2,2H3,(H2,27,28,29). The van der Waals surface area contributed by atoms with E-state index >= 15 is 0 Å². The second kappa shape index (κ2) is 9.00. The van der Waals surface area contributed by atoms with Gasteiger partial charge >= 0.3 is 6.03 Å². The molecule has 5 rings (SSSR count). The highest BCUT2D eigenvalue weighted by atomic mass is 16.2. The van der Waals surface area contributed by atoms with Crippen LogP contribution in [0, 0.1) is 12.3 Å². The number of rotatable bonds is 3. The summed E-state index contributed by atoms with van der Waals surface area (Å²) in [5.41, 5.74) is 5.85. The van der Waals surface area contributed by atoms with E-state index in [4.69, 9.17) is 6.42 Å². The Balaban J connectivity index is 1.32. The van der Waals surface area contributed by atoms with E-state index in [9.17, 15) is 4.79 Å². The Labute approximate surface area is 194 Å². The number of benzene rings is 1. The van der Waals surface area contributed by atoms with Crippen molar-refractivity contribution in [3.05, 3.63) is 59.9 Å². The molecule has 0 atom stereocenters. The number of likely N-dealkylation sites (N-methyl/N-ethyl adjacent to an activating group) is 1. The fourth-order valence-corrected chi connectivity index (χ4v) is 4.44. The number of aromatic amines is 1. The molecule has 2 amide bonds. The number of hydrogen-bond donors (Lipinski definition) is 2. The first-order valence-electron chi connectivity index (χ1n) is 11.3. The van der Waals surface area contributed by atoms with Crippen LogP contribution in [0.25, 0.3) is 16.6 Å². The topological polar surface area (TPSA) is 67.5 Å². The van der Waals surface area contributed by atoms with Crippen molar-refractivity contribution in [3.8, 4) is 12.3 Å². The molecule has 2 aromatic heterocycles. The van der Waals surface area contributed by atoms with Crippen molar-refractivity contribution in [1.29, 1.82) is 0 Å². The molecule has 2 aliphatic heterocycles. The molecule has 0 aliphatic carbocycles. The van der Waals surface area contributed by atoms with Gasteiger partial charge in [0.05, 0.1) is 5.69 Å². The van der Waals surface area contributed by atoms with Crippen LogP contribution >= 0.6 is 0 Å². The number of amides is 2. The molecular formula is C26H28N6O. The summed E-state index contributed by atoms with van der Waals surface area (Å²) in [6, 6.07) is 12.1. The first-order valence-corrected chi connectivity index (χ1v) is 11.3. The number of nitrogens with zero attached hydrogens (tertiary/aromatic N) is 4. The van der Waals surface area contributed by atoms with Crippen LogP contribution in [0.2, 0.25) is 0 Å². The Morgan fingerprint density at radius 1 is 1.12 bits per heavy atom. The third-order valence-electron chi connectivity index (χ3n) is 6.44. The number of fused-ring (bicyclic) bond motifs is 1. The Kier molecular flexibility index (Phi) is 5.76. The number of piperazine rings is 1. The molecule has 0 radical (unpaired) electrons. The number of hydrogen-bond acceptors (Lipinski definition) is 4. The predicted octanol–water partition coefficient (Wildman–Crippen LogP) is 3.74. The molecule has 1 aromatic carbocycles. The third kappa shape index (κ3) is 4.43. The van der Waals surface area contributed by atoms with Crippen LogP contribution in [-0.4, -0.2) is 77.0 Å². The van der Waals surface area contributed by atoms with E-state index in [0.717, 1.165) is 72.8 Å². The lowest BCUT2D eigenvalue weighted by atomic mass is 10.0. The van der Waals surface area contributed by atoms with Crippen molar-refractivity contribution in [2.45, 2.75) is 6.42 Å². The lowest BCUT2D eigenvalue weighted by Crippen LogP contribution is -2.52. The maximum absolute atomic E-state index is 12.9. The average Bonchev–Trinajstić information content (AvgIpc) is 3.30. The Bertz CT molecular complexity index is 1250. The van der Waals surface area contributed by atoms with Crippen LogP contribution in [0.5, 0.6) is 0 Å². The second-order valence-electron chi connectivity index (χ2n) is 8.65. The van der Waals surface area contributed by atoms with Gasteiger partial charge in [-0.2, -0.15) is 0 Å². The van der Waals surface area contributed by atoms with Crippen molar-refractivity contribution in [3.63, 3.8) is 0 Å². The first-order chi connectivity index (χ1) is 16.1. The van der Waals surface area contributed by atoms with Gasteiger partial charge in [0, 0.05) is 67.8 Å². The van der Waals surface area contributed by atoms with Crippen LogP contribution in [0.4, 0.5) is 16.2 Å². The SMILES string of the molecule is C#Cc1cccc(Nc2ccnc3[nH]c(C4=CCN(C(=O)N5CCN(C)CC5)CC4)cc23)c1. The monoisotopic (exact) mass is 440 g/mol. The summed E-state index contributed by atoms with van der Waals surface area (Å²) in [6.07, 6.45) is 10.3. The lowest BCUT2D eigenvalue weighted by molar-refractivity contribution is 0.125. The Morgan fingerprint density at radius 3 is 2.73 bits per heavy atom. The molecule has 2 aliphatic rings. The summed E-state index contributed by atoms with van der Waals surface area (Å²) in [4.78, 5) is 27.0. The highest BCUT2D eigenvalue weighted by Gasteiger charge is 2.25.